The van der Waals surface area contributed by atoms with Crippen LogP contribution >= 0.6 is 11.6 Å². The molecule has 3 rings (SSSR count). The van der Waals surface area contributed by atoms with Crippen molar-refractivity contribution in [3.8, 4) is 0 Å². The summed E-state index contributed by atoms with van der Waals surface area (Å²) in [6, 6.07) is 5.68. The second-order valence-electron chi connectivity index (χ2n) is 6.49. The van der Waals surface area contributed by atoms with E-state index in [0.717, 1.165) is 30.5 Å². The lowest BCUT2D eigenvalue weighted by Gasteiger charge is -2.12. The number of anilines is 2. The maximum absolute atomic E-state index is 12.2. The predicted octanol–water partition coefficient (Wildman–Crippen LogP) is 4.80. The molecule has 6 heteroatoms. The first-order valence-corrected chi connectivity index (χ1v) is 9.31. The van der Waals surface area contributed by atoms with Gasteiger partial charge in [0.1, 0.15) is 11.5 Å². The van der Waals surface area contributed by atoms with Gasteiger partial charge in [-0.05, 0) is 56.7 Å². The first-order chi connectivity index (χ1) is 12.6. The zero-order valence-electron chi connectivity index (χ0n) is 14.9. The molecule has 0 aliphatic heterocycles. The third-order valence-corrected chi connectivity index (χ3v) is 4.85. The Morgan fingerprint density at radius 3 is 2.81 bits per heavy atom. The molecule has 0 unspecified atom stereocenters. The summed E-state index contributed by atoms with van der Waals surface area (Å²) >= 11 is 6.12. The van der Waals surface area contributed by atoms with E-state index in [1.165, 1.54) is 24.6 Å². The summed E-state index contributed by atoms with van der Waals surface area (Å²) in [4.78, 5) is 20.6. The number of carbonyl (C=O) groups excluding carboxylic acids is 1. The van der Waals surface area contributed by atoms with Crippen molar-refractivity contribution in [1.29, 1.82) is 0 Å². The molecule has 136 valence electrons. The van der Waals surface area contributed by atoms with E-state index in [2.05, 4.69) is 26.7 Å². The second-order valence-corrected chi connectivity index (χ2v) is 6.90. The lowest BCUT2D eigenvalue weighted by molar-refractivity contribution is 0.0948. The van der Waals surface area contributed by atoms with Gasteiger partial charge < -0.3 is 10.6 Å². The number of aromatic nitrogens is 2. The maximum Gasteiger partial charge on any atom is 0.271 e. The third kappa shape index (κ3) is 5.05. The van der Waals surface area contributed by atoms with Crippen LogP contribution in [0.3, 0.4) is 0 Å². The van der Waals surface area contributed by atoms with Crippen molar-refractivity contribution in [2.75, 3.05) is 11.9 Å². The molecule has 1 aromatic heterocycles. The minimum Gasteiger partial charge on any atom is -0.350 e. The summed E-state index contributed by atoms with van der Waals surface area (Å²) < 4.78 is 0. The summed E-state index contributed by atoms with van der Waals surface area (Å²) in [6.07, 6.45) is 11.1. The quantitative estimate of drug-likeness (QED) is 0.716. The van der Waals surface area contributed by atoms with Crippen LogP contribution in [0.15, 0.2) is 42.2 Å². The van der Waals surface area contributed by atoms with E-state index >= 15 is 0 Å². The fourth-order valence-electron chi connectivity index (χ4n) is 2.89. The number of allylic oxidation sites excluding steroid dienone is 1. The van der Waals surface area contributed by atoms with Gasteiger partial charge in [-0.3, -0.25) is 4.79 Å². The third-order valence-electron chi connectivity index (χ3n) is 4.45. The Morgan fingerprint density at radius 1 is 1.23 bits per heavy atom. The monoisotopic (exact) mass is 370 g/mol. The van der Waals surface area contributed by atoms with E-state index < -0.39 is 0 Å². The highest BCUT2D eigenvalue weighted by atomic mass is 35.5. The number of halogens is 1. The van der Waals surface area contributed by atoms with Gasteiger partial charge in [0.2, 0.25) is 0 Å². The number of hydrogen-bond donors (Lipinski definition) is 2. The Hall–Kier alpha value is -2.40. The zero-order valence-corrected chi connectivity index (χ0v) is 15.6. The number of amides is 1. The molecule has 0 saturated carbocycles. The van der Waals surface area contributed by atoms with Crippen molar-refractivity contribution in [1.82, 2.24) is 15.3 Å². The van der Waals surface area contributed by atoms with Gasteiger partial charge in [-0.15, -0.1) is 0 Å². The van der Waals surface area contributed by atoms with E-state index in [9.17, 15) is 4.79 Å². The maximum atomic E-state index is 12.2. The van der Waals surface area contributed by atoms with Crippen molar-refractivity contribution in [2.24, 2.45) is 0 Å². The zero-order chi connectivity index (χ0) is 18.4. The highest BCUT2D eigenvalue weighted by Gasteiger charge is 2.09. The fourth-order valence-corrected chi connectivity index (χ4v) is 3.07. The standard InChI is InChI=1S/C20H23ClN4O/c1-14-7-8-16(11-17(14)21)25-19-13-23-18(12-24-19)20(26)22-10-9-15-5-3-2-4-6-15/h5,7-8,11-13H,2-4,6,9-10H2,1H3,(H,22,26)(H,24,25). The average molecular weight is 371 g/mol. The van der Waals surface area contributed by atoms with Crippen molar-refractivity contribution >= 4 is 29.0 Å². The molecule has 0 atom stereocenters. The molecule has 1 aliphatic carbocycles. The minimum absolute atomic E-state index is 0.196. The van der Waals surface area contributed by atoms with Crippen LogP contribution in [-0.2, 0) is 0 Å². The number of aryl methyl sites for hydroxylation is 1. The SMILES string of the molecule is Cc1ccc(Nc2cnc(C(=O)NCCC3=CCCCC3)cn2)cc1Cl. The van der Waals surface area contributed by atoms with Crippen LogP contribution in [0.5, 0.6) is 0 Å². The smallest absolute Gasteiger partial charge is 0.271 e. The van der Waals surface area contributed by atoms with Crippen molar-refractivity contribution in [2.45, 2.75) is 39.0 Å². The largest absolute Gasteiger partial charge is 0.350 e. The molecule has 0 bridgehead atoms. The van der Waals surface area contributed by atoms with Crippen molar-refractivity contribution in [3.05, 3.63) is 58.5 Å². The summed E-state index contributed by atoms with van der Waals surface area (Å²) in [5.74, 6) is 0.368. The number of benzene rings is 1. The Morgan fingerprint density at radius 2 is 2.12 bits per heavy atom. The molecule has 0 spiro atoms. The summed E-state index contributed by atoms with van der Waals surface area (Å²) in [5, 5.41) is 6.72. The van der Waals surface area contributed by atoms with Crippen LogP contribution in [0.4, 0.5) is 11.5 Å². The molecule has 1 aromatic carbocycles. The van der Waals surface area contributed by atoms with E-state index in [1.54, 1.807) is 6.20 Å². The molecule has 1 amide bonds. The number of carbonyl (C=O) groups is 1. The van der Waals surface area contributed by atoms with Crippen LogP contribution in [0, 0.1) is 6.92 Å². The van der Waals surface area contributed by atoms with Crippen LogP contribution in [-0.4, -0.2) is 22.4 Å². The van der Waals surface area contributed by atoms with Crippen LogP contribution in [0.25, 0.3) is 0 Å². The van der Waals surface area contributed by atoms with E-state index in [0.29, 0.717) is 23.1 Å². The molecule has 1 aliphatic rings. The number of hydrogen-bond acceptors (Lipinski definition) is 4. The van der Waals surface area contributed by atoms with Crippen LogP contribution < -0.4 is 10.6 Å². The highest BCUT2D eigenvalue weighted by Crippen LogP contribution is 2.22. The van der Waals surface area contributed by atoms with Gasteiger partial charge in [0.05, 0.1) is 12.4 Å². The molecule has 0 saturated heterocycles. The first kappa shape index (κ1) is 18.4. The number of rotatable bonds is 6. The summed E-state index contributed by atoms with van der Waals surface area (Å²) in [7, 11) is 0. The fraction of sp³-hybridized carbons (Fsp3) is 0.350. The molecule has 26 heavy (non-hydrogen) atoms. The van der Waals surface area contributed by atoms with Crippen molar-refractivity contribution < 1.29 is 4.79 Å². The van der Waals surface area contributed by atoms with Crippen LogP contribution in [0.1, 0.15) is 48.2 Å². The Kier molecular flexibility index (Phi) is 6.23. The Balaban J connectivity index is 1.52. The number of nitrogens with one attached hydrogen (secondary N) is 2. The average Bonchev–Trinajstić information content (AvgIpc) is 2.66. The highest BCUT2D eigenvalue weighted by molar-refractivity contribution is 6.31. The summed E-state index contributed by atoms with van der Waals surface area (Å²) in [5.41, 5.74) is 3.60. The van der Waals surface area contributed by atoms with Crippen molar-refractivity contribution in [3.63, 3.8) is 0 Å². The molecule has 0 fully saturated rings. The van der Waals surface area contributed by atoms with Gasteiger partial charge in [-0.1, -0.05) is 29.3 Å². The molecule has 5 nitrogen and oxygen atoms in total. The molecule has 2 aromatic rings. The van der Waals surface area contributed by atoms with E-state index in [4.69, 9.17) is 11.6 Å². The molecule has 1 heterocycles. The normalized spacial score (nSPS) is 13.8. The Labute approximate surface area is 158 Å². The lowest BCUT2D eigenvalue weighted by Crippen LogP contribution is -2.26. The second kappa shape index (κ2) is 8.81. The van der Waals surface area contributed by atoms with Gasteiger partial charge in [0.15, 0.2) is 0 Å². The predicted molar refractivity (Wildman–Crippen MR) is 105 cm³/mol. The molecular weight excluding hydrogens is 348 g/mol. The topological polar surface area (TPSA) is 66.9 Å². The minimum atomic E-state index is -0.196. The van der Waals surface area contributed by atoms with E-state index in [1.807, 2.05) is 25.1 Å². The van der Waals surface area contributed by atoms with Gasteiger partial charge in [0.25, 0.3) is 5.91 Å². The Bertz CT molecular complexity index is 802. The van der Waals surface area contributed by atoms with Gasteiger partial charge >= 0.3 is 0 Å². The lowest BCUT2D eigenvalue weighted by atomic mass is 9.97. The van der Waals surface area contributed by atoms with Crippen LogP contribution in [0.2, 0.25) is 5.02 Å². The summed E-state index contributed by atoms with van der Waals surface area (Å²) in [6.45, 7) is 2.58. The van der Waals surface area contributed by atoms with Gasteiger partial charge in [-0.25, -0.2) is 9.97 Å². The van der Waals surface area contributed by atoms with Gasteiger partial charge in [-0.2, -0.15) is 0 Å². The molecule has 2 N–H and O–H groups in total. The van der Waals surface area contributed by atoms with E-state index in [-0.39, 0.29) is 5.91 Å². The number of nitrogens with zero attached hydrogens (tertiary/aromatic N) is 2. The van der Waals surface area contributed by atoms with Gasteiger partial charge in [0, 0.05) is 17.3 Å². The molecular formula is C20H23ClN4O. The first-order valence-electron chi connectivity index (χ1n) is 8.93. The molecule has 0 radical (unpaired) electrons.